The third-order valence-corrected chi connectivity index (χ3v) is 3.11. The maximum atomic E-state index is 12.1. The summed E-state index contributed by atoms with van der Waals surface area (Å²) in [6.07, 6.45) is 1.47. The molecule has 0 spiro atoms. The van der Waals surface area contributed by atoms with Gasteiger partial charge >= 0.3 is 0 Å². The molecule has 1 aromatic heterocycles. The van der Waals surface area contributed by atoms with Crippen molar-refractivity contribution in [2.75, 3.05) is 26.3 Å². The van der Waals surface area contributed by atoms with Crippen LogP contribution in [0.4, 0.5) is 0 Å². The predicted octanol–water partition coefficient (Wildman–Crippen LogP) is 1.65. The number of nitrogens with zero attached hydrogens (tertiary/aromatic N) is 2. The lowest BCUT2D eigenvalue weighted by molar-refractivity contribution is -0.130. The molecule has 6 heteroatoms. The quantitative estimate of drug-likeness (QED) is 0.458. The number of carbonyl (C=O) groups excluding carboxylic acids is 1. The van der Waals surface area contributed by atoms with Crippen molar-refractivity contribution in [3.63, 3.8) is 0 Å². The predicted molar refractivity (Wildman–Crippen MR) is 72.4 cm³/mol. The van der Waals surface area contributed by atoms with Gasteiger partial charge in [-0.15, -0.1) is 0 Å². The molecule has 0 aliphatic carbocycles. The van der Waals surface area contributed by atoms with E-state index in [1.807, 2.05) is 28.7 Å². The van der Waals surface area contributed by atoms with Gasteiger partial charge in [-0.25, -0.2) is 0 Å². The van der Waals surface area contributed by atoms with Crippen molar-refractivity contribution in [2.45, 2.75) is 0 Å². The number of amides is 1. The minimum absolute atomic E-state index is 0.0858. The van der Waals surface area contributed by atoms with E-state index in [1.54, 1.807) is 17.0 Å². The van der Waals surface area contributed by atoms with Crippen LogP contribution in [0.1, 0.15) is 5.76 Å². The van der Waals surface area contributed by atoms with E-state index in [1.165, 1.54) is 6.08 Å². The number of rotatable bonds is 2. The Morgan fingerprint density at radius 2 is 2.17 bits per heavy atom. The van der Waals surface area contributed by atoms with Gasteiger partial charge in [-0.1, -0.05) is 0 Å². The van der Waals surface area contributed by atoms with Crippen LogP contribution >= 0.6 is 22.6 Å². The topological polar surface area (TPSA) is 66.5 Å². The van der Waals surface area contributed by atoms with Crippen molar-refractivity contribution in [3.8, 4) is 6.07 Å². The average molecular weight is 358 g/mol. The number of carbonyl (C=O) groups is 1. The van der Waals surface area contributed by atoms with E-state index in [-0.39, 0.29) is 11.5 Å². The zero-order valence-electron chi connectivity index (χ0n) is 9.56. The number of furan rings is 1. The zero-order chi connectivity index (χ0) is 13.0. The maximum Gasteiger partial charge on any atom is 0.264 e. The molecule has 0 bridgehead atoms. The summed E-state index contributed by atoms with van der Waals surface area (Å²) < 4.78 is 11.2. The summed E-state index contributed by atoms with van der Waals surface area (Å²) in [7, 11) is 0. The Morgan fingerprint density at radius 1 is 1.44 bits per heavy atom. The second kappa shape index (κ2) is 6.02. The van der Waals surface area contributed by atoms with E-state index in [0.29, 0.717) is 32.1 Å². The van der Waals surface area contributed by atoms with Crippen LogP contribution in [-0.2, 0) is 9.53 Å². The molecule has 0 aromatic carbocycles. The third-order valence-electron chi connectivity index (χ3n) is 2.53. The normalized spacial score (nSPS) is 16.4. The van der Waals surface area contributed by atoms with Gasteiger partial charge in [0.05, 0.1) is 13.2 Å². The van der Waals surface area contributed by atoms with E-state index < -0.39 is 0 Å². The second-order valence-electron chi connectivity index (χ2n) is 3.72. The lowest BCUT2D eigenvalue weighted by Crippen LogP contribution is -2.41. The molecular weight excluding hydrogens is 347 g/mol. The molecule has 0 N–H and O–H groups in total. The molecule has 1 aliphatic heterocycles. The number of nitriles is 1. The van der Waals surface area contributed by atoms with Crippen LogP contribution in [0.25, 0.3) is 6.08 Å². The van der Waals surface area contributed by atoms with Crippen molar-refractivity contribution in [2.24, 2.45) is 0 Å². The second-order valence-corrected chi connectivity index (χ2v) is 4.78. The fourth-order valence-electron chi connectivity index (χ4n) is 1.63. The summed E-state index contributed by atoms with van der Waals surface area (Å²) in [5.41, 5.74) is 0.0858. The highest BCUT2D eigenvalue weighted by Crippen LogP contribution is 2.15. The lowest BCUT2D eigenvalue weighted by atomic mass is 10.2. The number of hydrogen-bond donors (Lipinski definition) is 0. The highest BCUT2D eigenvalue weighted by atomic mass is 127. The van der Waals surface area contributed by atoms with Gasteiger partial charge in [0.2, 0.25) is 0 Å². The highest BCUT2D eigenvalue weighted by molar-refractivity contribution is 14.1. The monoisotopic (exact) mass is 358 g/mol. The molecule has 0 atom stereocenters. The molecule has 5 nitrogen and oxygen atoms in total. The van der Waals surface area contributed by atoms with Crippen molar-refractivity contribution in [1.82, 2.24) is 4.90 Å². The van der Waals surface area contributed by atoms with E-state index in [2.05, 4.69) is 0 Å². The number of halogens is 1. The van der Waals surface area contributed by atoms with Crippen molar-refractivity contribution in [3.05, 3.63) is 27.2 Å². The average Bonchev–Trinajstić information content (AvgIpc) is 2.82. The van der Waals surface area contributed by atoms with Gasteiger partial charge in [-0.05, 0) is 34.7 Å². The number of morpholine rings is 1. The fraction of sp³-hybridized carbons (Fsp3) is 0.333. The summed E-state index contributed by atoms with van der Waals surface area (Å²) in [4.78, 5) is 13.7. The summed E-state index contributed by atoms with van der Waals surface area (Å²) in [5, 5.41) is 9.05. The van der Waals surface area contributed by atoms with Gasteiger partial charge in [-0.3, -0.25) is 4.79 Å². The standard InChI is InChI=1S/C12H11IN2O3/c13-11-2-1-10(18-11)7-9(8-14)12(16)15-3-5-17-6-4-15/h1-2,7H,3-6H2/b9-7+. The first-order valence-corrected chi connectivity index (χ1v) is 6.53. The summed E-state index contributed by atoms with van der Waals surface area (Å²) in [5.74, 6) is 0.241. The molecule has 0 radical (unpaired) electrons. The fourth-order valence-corrected chi connectivity index (χ4v) is 2.06. The molecule has 1 amide bonds. The van der Waals surface area contributed by atoms with E-state index >= 15 is 0 Å². The van der Waals surface area contributed by atoms with Crippen LogP contribution in [0.2, 0.25) is 0 Å². The molecule has 0 unspecified atom stereocenters. The van der Waals surface area contributed by atoms with Gasteiger partial charge in [0.15, 0.2) is 3.77 Å². The Kier molecular flexibility index (Phi) is 4.38. The van der Waals surface area contributed by atoms with Gasteiger partial charge in [0, 0.05) is 19.2 Å². The Morgan fingerprint density at radius 3 is 2.72 bits per heavy atom. The van der Waals surface area contributed by atoms with Crippen LogP contribution in [0.5, 0.6) is 0 Å². The molecule has 18 heavy (non-hydrogen) atoms. The lowest BCUT2D eigenvalue weighted by Gasteiger charge is -2.26. The molecule has 1 aliphatic rings. The Balaban J connectivity index is 2.15. The van der Waals surface area contributed by atoms with Crippen LogP contribution in [-0.4, -0.2) is 37.1 Å². The number of hydrogen-bond acceptors (Lipinski definition) is 4. The third kappa shape index (κ3) is 3.11. The molecule has 1 fully saturated rings. The Labute approximate surface area is 118 Å². The SMILES string of the molecule is N#C/C(=C\c1ccc(I)o1)C(=O)N1CCOCC1. The minimum atomic E-state index is -0.271. The van der Waals surface area contributed by atoms with Gasteiger partial charge < -0.3 is 14.1 Å². The summed E-state index contributed by atoms with van der Waals surface area (Å²) >= 11 is 2.03. The molecular formula is C12H11IN2O3. The zero-order valence-corrected chi connectivity index (χ0v) is 11.7. The van der Waals surface area contributed by atoms with Crippen LogP contribution in [0, 0.1) is 15.1 Å². The maximum absolute atomic E-state index is 12.1. The van der Waals surface area contributed by atoms with E-state index in [0.717, 1.165) is 3.77 Å². The van der Waals surface area contributed by atoms with Gasteiger partial charge in [-0.2, -0.15) is 5.26 Å². The molecule has 1 saturated heterocycles. The summed E-state index contributed by atoms with van der Waals surface area (Å²) in [6, 6.07) is 5.43. The largest absolute Gasteiger partial charge is 0.451 e. The molecule has 2 rings (SSSR count). The van der Waals surface area contributed by atoms with Crippen LogP contribution in [0.15, 0.2) is 22.1 Å². The van der Waals surface area contributed by atoms with Gasteiger partial charge in [0.1, 0.15) is 17.4 Å². The smallest absolute Gasteiger partial charge is 0.264 e. The Bertz CT molecular complexity index is 510. The molecule has 1 aromatic rings. The van der Waals surface area contributed by atoms with Crippen molar-refractivity contribution in [1.29, 1.82) is 5.26 Å². The van der Waals surface area contributed by atoms with Crippen LogP contribution in [0.3, 0.4) is 0 Å². The van der Waals surface area contributed by atoms with E-state index in [9.17, 15) is 4.79 Å². The Hall–Kier alpha value is -1.33. The van der Waals surface area contributed by atoms with Crippen molar-refractivity contribution < 1.29 is 13.9 Å². The first-order valence-electron chi connectivity index (χ1n) is 5.45. The highest BCUT2D eigenvalue weighted by Gasteiger charge is 2.20. The first kappa shape index (κ1) is 13.1. The van der Waals surface area contributed by atoms with E-state index in [4.69, 9.17) is 14.4 Å². The minimum Gasteiger partial charge on any atom is -0.451 e. The molecule has 2 heterocycles. The first-order chi connectivity index (χ1) is 8.70. The van der Waals surface area contributed by atoms with Gasteiger partial charge in [0.25, 0.3) is 5.91 Å². The molecule has 94 valence electrons. The molecule has 0 saturated carbocycles. The summed E-state index contributed by atoms with van der Waals surface area (Å²) in [6.45, 7) is 2.08. The van der Waals surface area contributed by atoms with Crippen molar-refractivity contribution >= 4 is 34.6 Å². The van der Waals surface area contributed by atoms with Crippen LogP contribution < -0.4 is 0 Å². The number of ether oxygens (including phenoxy) is 1.